The van der Waals surface area contributed by atoms with Crippen molar-refractivity contribution >= 4 is 58.4 Å². The largest absolute Gasteiger partial charge is 0.300 e. The van der Waals surface area contributed by atoms with E-state index < -0.39 is 38.2 Å². The van der Waals surface area contributed by atoms with Crippen LogP contribution in [0.25, 0.3) is 10.2 Å². The summed E-state index contributed by atoms with van der Waals surface area (Å²) < 4.78 is 49.4. The van der Waals surface area contributed by atoms with E-state index in [9.17, 15) is 26.4 Å². The van der Waals surface area contributed by atoms with E-state index in [0.29, 0.717) is 14.5 Å². The Kier molecular flexibility index (Phi) is 4.44. The van der Waals surface area contributed by atoms with Crippen molar-refractivity contribution in [2.75, 3.05) is 18.1 Å². The first kappa shape index (κ1) is 19.5. The van der Waals surface area contributed by atoms with E-state index in [0.717, 1.165) is 17.6 Å². The number of nitrogens with one attached hydrogen (secondary N) is 1. The zero-order chi connectivity index (χ0) is 21.0. The summed E-state index contributed by atoms with van der Waals surface area (Å²) in [7, 11) is -7.48. The molecule has 150 valence electrons. The molecule has 1 aliphatic heterocycles. The number of hydrogen-bond donors (Lipinski definition) is 1. The molecule has 0 saturated carbocycles. The molecule has 3 aromatic rings. The van der Waals surface area contributed by atoms with Gasteiger partial charge in [-0.15, -0.1) is 0 Å². The second kappa shape index (κ2) is 6.61. The molecule has 0 atom stereocenters. The highest BCUT2D eigenvalue weighted by Crippen LogP contribution is 2.31. The third kappa shape index (κ3) is 3.39. The van der Waals surface area contributed by atoms with Crippen molar-refractivity contribution in [2.24, 2.45) is 0 Å². The standard InChI is InChI=1S/C17H13N3O6S3/c1-28(23,24)10-6-7-12-13(8-10)27-17(18-12)19-15(21)9-20-16(22)11-4-2-3-5-14(11)29(20,25)26/h2-8H,9H2,1H3,(H,18,19,21). The first-order valence-electron chi connectivity index (χ1n) is 8.14. The van der Waals surface area contributed by atoms with Crippen LogP contribution in [0.15, 0.2) is 52.3 Å². The molecule has 0 spiro atoms. The maximum Gasteiger partial charge on any atom is 0.269 e. The molecule has 9 nitrogen and oxygen atoms in total. The Bertz CT molecular complexity index is 1390. The van der Waals surface area contributed by atoms with Gasteiger partial charge in [0.2, 0.25) is 5.91 Å². The van der Waals surface area contributed by atoms with Crippen LogP contribution in [0, 0.1) is 0 Å². The Morgan fingerprint density at radius 1 is 1.21 bits per heavy atom. The summed E-state index contributed by atoms with van der Waals surface area (Å²) in [4.78, 5) is 28.9. The summed E-state index contributed by atoms with van der Waals surface area (Å²) in [6.45, 7) is -0.694. The maximum absolute atomic E-state index is 12.5. The number of nitrogens with zero attached hydrogens (tertiary/aromatic N) is 2. The number of rotatable bonds is 4. The predicted molar refractivity (Wildman–Crippen MR) is 106 cm³/mol. The van der Waals surface area contributed by atoms with Crippen LogP contribution in [0.1, 0.15) is 10.4 Å². The molecule has 0 unspecified atom stereocenters. The second-order valence-electron chi connectivity index (χ2n) is 6.28. The molecule has 29 heavy (non-hydrogen) atoms. The number of sulfone groups is 1. The number of aromatic nitrogens is 1. The number of anilines is 1. The average molecular weight is 452 g/mol. The lowest BCUT2D eigenvalue weighted by Gasteiger charge is -2.13. The molecule has 4 rings (SSSR count). The Balaban J connectivity index is 1.56. The lowest BCUT2D eigenvalue weighted by Crippen LogP contribution is -2.37. The number of carbonyl (C=O) groups excluding carboxylic acids is 2. The molecule has 2 heterocycles. The molecule has 2 amide bonds. The SMILES string of the molecule is CS(=O)(=O)c1ccc2nc(NC(=O)CN3C(=O)c4ccccc4S3(=O)=O)sc2c1. The minimum absolute atomic E-state index is 0.0218. The van der Waals surface area contributed by atoms with Crippen LogP contribution in [0.3, 0.4) is 0 Å². The first-order valence-corrected chi connectivity index (χ1v) is 12.3. The smallest absolute Gasteiger partial charge is 0.269 e. The molecule has 12 heteroatoms. The fourth-order valence-corrected chi connectivity index (χ4v) is 6.03. The summed E-state index contributed by atoms with van der Waals surface area (Å²) in [6, 6.07) is 10.1. The van der Waals surface area contributed by atoms with Crippen LogP contribution in [0.4, 0.5) is 5.13 Å². The van der Waals surface area contributed by atoms with Crippen LogP contribution in [0.5, 0.6) is 0 Å². The quantitative estimate of drug-likeness (QED) is 0.636. The third-order valence-corrected chi connectivity index (χ3v) is 8.06. The van der Waals surface area contributed by atoms with Gasteiger partial charge in [-0.3, -0.25) is 9.59 Å². The van der Waals surface area contributed by atoms with Crippen LogP contribution in [0.2, 0.25) is 0 Å². The predicted octanol–water partition coefficient (Wildman–Crippen LogP) is 1.48. The summed E-state index contributed by atoms with van der Waals surface area (Å²) in [5.74, 6) is -1.50. The highest BCUT2D eigenvalue weighted by molar-refractivity contribution is 7.90. The third-order valence-electron chi connectivity index (χ3n) is 4.23. The fourth-order valence-electron chi connectivity index (χ4n) is 2.87. The molecule has 1 N–H and O–H groups in total. The van der Waals surface area contributed by atoms with Crippen molar-refractivity contribution in [3.05, 3.63) is 48.0 Å². The summed E-state index contributed by atoms with van der Waals surface area (Å²) in [6.07, 6.45) is 1.09. The van der Waals surface area contributed by atoms with Gasteiger partial charge in [-0.25, -0.2) is 26.1 Å². The van der Waals surface area contributed by atoms with E-state index in [1.54, 1.807) is 6.07 Å². The van der Waals surface area contributed by atoms with E-state index >= 15 is 0 Å². The van der Waals surface area contributed by atoms with Gasteiger partial charge in [0.1, 0.15) is 11.4 Å². The van der Waals surface area contributed by atoms with Gasteiger partial charge in [0.25, 0.3) is 15.9 Å². The fraction of sp³-hybridized carbons (Fsp3) is 0.118. The van der Waals surface area contributed by atoms with Crippen molar-refractivity contribution in [3.8, 4) is 0 Å². The molecule has 1 aliphatic rings. The number of amides is 2. The molecular weight excluding hydrogens is 438 g/mol. The van der Waals surface area contributed by atoms with Crippen molar-refractivity contribution in [2.45, 2.75) is 9.79 Å². The van der Waals surface area contributed by atoms with Gasteiger partial charge < -0.3 is 5.32 Å². The summed E-state index contributed by atoms with van der Waals surface area (Å²) in [5.41, 5.74) is 0.503. The van der Waals surface area contributed by atoms with E-state index in [4.69, 9.17) is 0 Å². The van der Waals surface area contributed by atoms with Gasteiger partial charge in [-0.2, -0.15) is 0 Å². The minimum atomic E-state index is -4.09. The Morgan fingerprint density at radius 2 is 1.93 bits per heavy atom. The molecule has 0 aliphatic carbocycles. The van der Waals surface area contributed by atoms with E-state index in [2.05, 4.69) is 10.3 Å². The number of hydrogen-bond acceptors (Lipinski definition) is 8. The number of thiazole rings is 1. The first-order chi connectivity index (χ1) is 13.6. The number of fused-ring (bicyclic) bond motifs is 2. The highest BCUT2D eigenvalue weighted by Gasteiger charge is 2.41. The van der Waals surface area contributed by atoms with Crippen molar-refractivity contribution in [1.82, 2.24) is 9.29 Å². The number of sulfonamides is 1. The summed E-state index contributed by atoms with van der Waals surface area (Å²) >= 11 is 1.04. The highest BCUT2D eigenvalue weighted by atomic mass is 32.2. The normalized spacial score (nSPS) is 15.5. The molecule has 0 saturated heterocycles. The van der Waals surface area contributed by atoms with Crippen LogP contribution >= 0.6 is 11.3 Å². The monoisotopic (exact) mass is 451 g/mol. The topological polar surface area (TPSA) is 131 Å². The molecule has 1 aromatic heterocycles. The van der Waals surface area contributed by atoms with Gasteiger partial charge >= 0.3 is 0 Å². The Morgan fingerprint density at radius 3 is 2.62 bits per heavy atom. The van der Waals surface area contributed by atoms with Crippen LogP contribution in [-0.4, -0.2) is 50.7 Å². The second-order valence-corrected chi connectivity index (χ2v) is 11.2. The Hall–Kier alpha value is -2.83. The van der Waals surface area contributed by atoms with Gasteiger partial charge in [0, 0.05) is 6.26 Å². The molecular formula is C17H13N3O6S3. The molecule has 2 aromatic carbocycles. The van der Waals surface area contributed by atoms with Gasteiger partial charge in [0.15, 0.2) is 15.0 Å². The maximum atomic E-state index is 12.5. The zero-order valence-electron chi connectivity index (χ0n) is 14.8. The van der Waals surface area contributed by atoms with Crippen molar-refractivity contribution < 1.29 is 26.4 Å². The minimum Gasteiger partial charge on any atom is -0.300 e. The van der Waals surface area contributed by atoms with Gasteiger partial charge in [-0.05, 0) is 30.3 Å². The van der Waals surface area contributed by atoms with Gasteiger partial charge in [-0.1, -0.05) is 23.5 Å². The molecule has 0 fully saturated rings. The zero-order valence-corrected chi connectivity index (χ0v) is 17.3. The van der Waals surface area contributed by atoms with Gasteiger partial charge in [0.05, 0.1) is 20.7 Å². The van der Waals surface area contributed by atoms with E-state index in [1.165, 1.54) is 36.4 Å². The number of benzene rings is 2. The Labute approximate surface area is 170 Å². The van der Waals surface area contributed by atoms with E-state index in [-0.39, 0.29) is 20.5 Å². The van der Waals surface area contributed by atoms with Crippen LogP contribution < -0.4 is 5.32 Å². The summed E-state index contributed by atoms with van der Waals surface area (Å²) in [5, 5.41) is 2.63. The molecule has 0 radical (unpaired) electrons. The molecule has 0 bridgehead atoms. The van der Waals surface area contributed by atoms with Crippen molar-refractivity contribution in [1.29, 1.82) is 0 Å². The van der Waals surface area contributed by atoms with E-state index in [1.807, 2.05) is 0 Å². The average Bonchev–Trinajstić information content (AvgIpc) is 3.13. The number of carbonyl (C=O) groups is 2. The lowest BCUT2D eigenvalue weighted by atomic mass is 10.2. The van der Waals surface area contributed by atoms with Crippen LogP contribution in [-0.2, 0) is 24.7 Å². The lowest BCUT2D eigenvalue weighted by molar-refractivity contribution is -0.116. The van der Waals surface area contributed by atoms with Crippen molar-refractivity contribution in [3.63, 3.8) is 0 Å².